The second kappa shape index (κ2) is 17.3. The second-order valence-corrected chi connectivity index (χ2v) is 23.6. The lowest BCUT2D eigenvalue weighted by Gasteiger charge is -2.26. The number of hydrogen-bond acceptors (Lipinski definition) is 0. The summed E-state index contributed by atoms with van der Waals surface area (Å²) in [7, 11) is 64.3. The van der Waals surface area contributed by atoms with E-state index in [-0.39, 0.29) is 0 Å². The normalized spacial score (nSPS) is 11.9. The van der Waals surface area contributed by atoms with Crippen molar-refractivity contribution in [3.8, 4) is 22.5 Å². The average molecular weight is 904 g/mol. The Bertz CT molecular complexity index is 4290. The first-order valence-electron chi connectivity index (χ1n) is 27.2. The van der Waals surface area contributed by atoms with Gasteiger partial charge < -0.3 is 9.13 Å². The van der Waals surface area contributed by atoms with Gasteiger partial charge in [0.05, 0.1) is 0 Å². The van der Waals surface area contributed by atoms with Gasteiger partial charge in [-0.15, -0.1) is 27.3 Å². The Morgan fingerprint density at radius 1 is 0.178 bits per heavy atom. The summed E-state index contributed by atoms with van der Waals surface area (Å²) < 4.78 is 5.49. The molecule has 8 aromatic carbocycles. The Labute approximate surface area is 459 Å². The van der Waals surface area contributed by atoms with Crippen LogP contribution in [-0.2, 0) is 0 Å². The van der Waals surface area contributed by atoms with Crippen LogP contribution in [0.25, 0.3) is 87.7 Å². The lowest BCUT2D eigenvalue weighted by Crippen LogP contribution is -2.56. The smallest absolute Gasteiger partial charge is 0.141 e. The Morgan fingerprint density at radius 2 is 0.411 bits per heavy atom. The summed E-state index contributed by atoms with van der Waals surface area (Å²) in [5.41, 5.74) is 48.2. The SMILES string of the molecule is Bc1cc(B)c(B)c(-n2c3c(B)c(B)c(-c4c(B)c(B)c5c(c4B)c4c6c(B)c(B)c(B)c(B)c6c(B)c(B)c4n5-c4c(B)c(B)c(B)c(B)c4B)c(B)c3c3c4c(B)c(B)c(B)c(B)c4c(B)c(B)c32)c1B. The average Bonchev–Trinajstić information content (AvgIpc) is 3.88. The van der Waals surface area contributed by atoms with Crippen LogP contribution in [0.15, 0.2) is 6.07 Å². The Hall–Kier alpha value is -4.37. The van der Waals surface area contributed by atoms with Crippen LogP contribution in [0.5, 0.6) is 0 Å². The highest BCUT2D eigenvalue weighted by atomic mass is 15.0. The maximum atomic E-state index is 2.75. The van der Waals surface area contributed by atoms with Crippen molar-refractivity contribution in [1.29, 1.82) is 0 Å². The Kier molecular flexibility index (Phi) is 12.4. The maximum absolute atomic E-state index is 2.75. The van der Waals surface area contributed by atoms with Gasteiger partial charge in [-0.25, -0.2) is 0 Å². The van der Waals surface area contributed by atoms with Crippen LogP contribution < -0.4 is 147 Å². The minimum Gasteiger partial charge on any atom is -0.312 e. The summed E-state index contributed by atoms with van der Waals surface area (Å²) in [5, 5.41) is 11.3. The van der Waals surface area contributed by atoms with Gasteiger partial charge in [0.1, 0.15) is 212 Å². The summed E-state index contributed by atoms with van der Waals surface area (Å²) in [6.45, 7) is 0. The quantitative estimate of drug-likeness (QED) is 0.156. The number of nitrogens with zero attached hydrogens (tertiary/aromatic N) is 2. The minimum absolute atomic E-state index is 1.34. The monoisotopic (exact) mass is 909 g/mol. The highest BCUT2D eigenvalue weighted by Gasteiger charge is 2.32. The van der Waals surface area contributed by atoms with Gasteiger partial charge in [-0.2, -0.15) is 0 Å². The first kappa shape index (κ1) is 52.1. The topological polar surface area (TPSA) is 9.86 Å². The molecule has 0 aliphatic carbocycles. The van der Waals surface area contributed by atoms with Crippen molar-refractivity contribution in [1.82, 2.24) is 9.13 Å². The molecule has 0 saturated carbocycles. The van der Waals surface area contributed by atoms with E-state index in [0.717, 1.165) is 0 Å². The van der Waals surface area contributed by atoms with Crippen LogP contribution in [0.1, 0.15) is 0 Å². The molecule has 0 unspecified atom stereocenters. The van der Waals surface area contributed by atoms with E-state index < -0.39 is 0 Å². The van der Waals surface area contributed by atoms with E-state index in [1.54, 1.807) is 0 Å². The molecule has 29 heteroatoms. The predicted molar refractivity (Wildman–Crippen MR) is 416 cm³/mol. The number of aromatic nitrogens is 2. The second-order valence-electron chi connectivity index (χ2n) is 23.6. The zero-order valence-electron chi connectivity index (χ0n) is 50.0. The molecule has 0 radical (unpaired) electrons. The lowest BCUT2D eigenvalue weighted by atomic mass is 9.60. The first-order valence-corrected chi connectivity index (χ1v) is 27.2. The molecule has 0 N–H and O–H groups in total. The summed E-state index contributed by atoms with van der Waals surface area (Å²) in [4.78, 5) is 0. The molecule has 0 bridgehead atoms. The molecule has 0 aliphatic heterocycles. The molecule has 2 heterocycles. The maximum Gasteiger partial charge on any atom is 0.141 e. The number of fused-ring (bicyclic) bond motifs is 10. The molecule has 2 aromatic heterocycles. The van der Waals surface area contributed by atoms with E-state index in [0.29, 0.717) is 0 Å². The van der Waals surface area contributed by atoms with Crippen molar-refractivity contribution in [2.45, 2.75) is 0 Å². The molecule has 73 heavy (non-hydrogen) atoms. The molecule has 0 aliphatic rings. The fourth-order valence-electron chi connectivity index (χ4n) is 14.8. The van der Waals surface area contributed by atoms with Crippen LogP contribution in [0.4, 0.5) is 0 Å². The molecule has 0 amide bonds. The van der Waals surface area contributed by atoms with Gasteiger partial charge in [0.15, 0.2) is 0 Å². The fourth-order valence-corrected chi connectivity index (χ4v) is 14.8. The van der Waals surface area contributed by atoms with Gasteiger partial charge in [-0.3, -0.25) is 0 Å². The van der Waals surface area contributed by atoms with E-state index in [4.69, 9.17) is 0 Å². The molecular weight excluding hydrogens is 848 g/mol. The lowest BCUT2D eigenvalue weighted by molar-refractivity contribution is 1.22. The minimum atomic E-state index is 1.34. The van der Waals surface area contributed by atoms with Crippen molar-refractivity contribution in [3.63, 3.8) is 0 Å². The Morgan fingerprint density at radius 3 is 0.740 bits per heavy atom. The van der Waals surface area contributed by atoms with Gasteiger partial charge in [0.2, 0.25) is 0 Å². The molecule has 10 rings (SSSR count). The van der Waals surface area contributed by atoms with E-state index >= 15 is 0 Å². The number of hydrogen-bond donors (Lipinski definition) is 0. The molecular formula is C44H55B27N2. The van der Waals surface area contributed by atoms with Crippen LogP contribution in [0.2, 0.25) is 0 Å². The van der Waals surface area contributed by atoms with E-state index in [1.807, 2.05) is 0 Å². The van der Waals surface area contributed by atoms with Gasteiger partial charge in [0, 0.05) is 55.0 Å². The highest BCUT2D eigenvalue weighted by molar-refractivity contribution is 6.76. The van der Waals surface area contributed by atoms with E-state index in [9.17, 15) is 0 Å². The third kappa shape index (κ3) is 6.50. The fraction of sp³-hybridized carbons (Fsp3) is 0. The van der Waals surface area contributed by atoms with E-state index in [2.05, 4.69) is 227 Å². The van der Waals surface area contributed by atoms with Crippen molar-refractivity contribution in [2.24, 2.45) is 0 Å². The van der Waals surface area contributed by atoms with Gasteiger partial charge in [-0.05, 0) is 32.7 Å². The number of benzene rings is 8. The first-order chi connectivity index (χ1) is 34.1. The summed E-state index contributed by atoms with van der Waals surface area (Å²) >= 11 is 0. The third-order valence-electron chi connectivity index (χ3n) is 20.9. The summed E-state index contributed by atoms with van der Waals surface area (Å²) in [6.07, 6.45) is 0. The number of rotatable bonds is 3. The molecule has 2 nitrogen and oxygen atoms in total. The predicted octanol–water partition coefficient (Wildman–Crippen LogP) is -35.2. The van der Waals surface area contributed by atoms with Gasteiger partial charge >= 0.3 is 0 Å². The molecule has 0 spiro atoms. The molecule has 0 saturated heterocycles. The van der Waals surface area contributed by atoms with Crippen LogP contribution in [0, 0.1) is 0 Å². The molecule has 0 atom stereocenters. The summed E-state index contributed by atoms with van der Waals surface area (Å²) in [6, 6.07) is 2.39. The van der Waals surface area contributed by atoms with Gasteiger partial charge in [0.25, 0.3) is 0 Å². The van der Waals surface area contributed by atoms with E-state index in [1.165, 1.54) is 235 Å². The Balaban J connectivity index is 1.53. The molecule has 322 valence electrons. The van der Waals surface area contributed by atoms with Gasteiger partial charge in [-0.1, -0.05) is 126 Å². The molecule has 0 fully saturated rings. The summed E-state index contributed by atoms with van der Waals surface area (Å²) in [5.74, 6) is 0. The zero-order chi connectivity index (χ0) is 53.7. The zero-order valence-corrected chi connectivity index (χ0v) is 50.0. The highest BCUT2D eigenvalue weighted by Crippen LogP contribution is 2.36. The largest absolute Gasteiger partial charge is 0.312 e. The van der Waals surface area contributed by atoms with Crippen molar-refractivity contribution >= 4 is 425 Å². The third-order valence-corrected chi connectivity index (χ3v) is 20.9. The van der Waals surface area contributed by atoms with Crippen LogP contribution in [-0.4, -0.2) is 221 Å². The standard InChI is InChI=1S/C44H55B27N2/c45-2-1-3(46)15(48)43(14(2)47)72-39-6(4-8(22(55)33(39)66)20(53)28(61)26(59)18(4)51)12-16(49)10(24(57)35(68)41(12)72)11-17(50)13-7-5-9(21(54)29(62)27(60)19(5)52)23(56)34(67)40(7)73(42(13)36(69)25(11)58)44-37(70)31(64)30(63)32(65)38(44)71/h1H,45-71H2. The van der Waals surface area contributed by atoms with Crippen molar-refractivity contribution in [2.75, 3.05) is 0 Å². The van der Waals surface area contributed by atoms with Crippen molar-refractivity contribution in [3.05, 3.63) is 6.07 Å². The van der Waals surface area contributed by atoms with Crippen LogP contribution >= 0.6 is 0 Å². The molecule has 10 aromatic rings. The van der Waals surface area contributed by atoms with Crippen molar-refractivity contribution < 1.29 is 0 Å². The van der Waals surface area contributed by atoms with Crippen LogP contribution in [0.3, 0.4) is 0 Å².